The van der Waals surface area contributed by atoms with Gasteiger partial charge in [0.25, 0.3) is 5.56 Å². The average molecular weight is 458 g/mol. The first-order valence-corrected chi connectivity index (χ1v) is 12.3. The van der Waals surface area contributed by atoms with Gasteiger partial charge in [0.15, 0.2) is 5.16 Å². The lowest BCUT2D eigenvalue weighted by Gasteiger charge is -2.35. The third-order valence-electron chi connectivity index (χ3n) is 5.55. The van der Waals surface area contributed by atoms with Crippen molar-refractivity contribution in [1.29, 1.82) is 0 Å². The number of methoxy groups -OCH3 is 1. The van der Waals surface area contributed by atoms with Crippen LogP contribution in [0.2, 0.25) is 0 Å². The number of hydrogen-bond donors (Lipinski definition) is 0. The monoisotopic (exact) mass is 457 g/mol. The molecule has 2 unspecified atom stereocenters. The van der Waals surface area contributed by atoms with E-state index < -0.39 is 0 Å². The summed E-state index contributed by atoms with van der Waals surface area (Å²) in [5.74, 6) is 2.16. The fraction of sp³-hybridized carbons (Fsp3) is 0.435. The summed E-state index contributed by atoms with van der Waals surface area (Å²) in [6.45, 7) is 6.38. The molecule has 0 radical (unpaired) electrons. The van der Waals surface area contributed by atoms with Crippen LogP contribution < -0.4 is 10.3 Å². The molecule has 3 aromatic rings. The second-order valence-corrected chi connectivity index (χ2v) is 10.2. The van der Waals surface area contributed by atoms with Gasteiger partial charge in [-0.2, -0.15) is 0 Å². The summed E-state index contributed by atoms with van der Waals surface area (Å²) in [4.78, 5) is 32.8. The van der Waals surface area contributed by atoms with Crippen molar-refractivity contribution in [2.24, 2.45) is 11.8 Å². The van der Waals surface area contributed by atoms with Gasteiger partial charge in [0, 0.05) is 13.1 Å². The molecular formula is C23H27N3O3S2. The van der Waals surface area contributed by atoms with Crippen molar-refractivity contribution in [3.05, 3.63) is 51.6 Å². The van der Waals surface area contributed by atoms with Gasteiger partial charge in [0.1, 0.15) is 10.4 Å². The lowest BCUT2D eigenvalue weighted by Crippen LogP contribution is -2.43. The highest BCUT2D eigenvalue weighted by atomic mass is 32.2. The van der Waals surface area contributed by atoms with E-state index in [1.54, 1.807) is 11.7 Å². The van der Waals surface area contributed by atoms with Gasteiger partial charge in [-0.05, 0) is 47.4 Å². The quantitative estimate of drug-likeness (QED) is 0.412. The Morgan fingerprint density at radius 2 is 2.03 bits per heavy atom. The van der Waals surface area contributed by atoms with Crippen LogP contribution in [-0.4, -0.2) is 46.3 Å². The normalized spacial score (nSPS) is 19.0. The highest BCUT2D eigenvalue weighted by molar-refractivity contribution is 7.99. The molecule has 0 N–H and O–H groups in total. The van der Waals surface area contributed by atoms with Crippen molar-refractivity contribution in [1.82, 2.24) is 14.5 Å². The number of likely N-dealkylation sites (tertiary alicyclic amines) is 1. The Balaban J connectivity index is 1.59. The predicted molar refractivity (Wildman–Crippen MR) is 126 cm³/mol. The number of piperidine rings is 1. The number of aromatic nitrogens is 2. The summed E-state index contributed by atoms with van der Waals surface area (Å²) in [5, 5.41) is 2.45. The van der Waals surface area contributed by atoms with Crippen LogP contribution in [0, 0.1) is 11.8 Å². The summed E-state index contributed by atoms with van der Waals surface area (Å²) in [5.41, 5.74) is 1.57. The number of fused-ring (bicyclic) bond motifs is 1. The number of thiophene rings is 1. The molecule has 164 valence electrons. The molecule has 1 amide bonds. The largest absolute Gasteiger partial charge is 0.497 e. The zero-order chi connectivity index (χ0) is 22.0. The molecule has 0 spiro atoms. The molecule has 2 aromatic heterocycles. The van der Waals surface area contributed by atoms with Crippen LogP contribution in [0.25, 0.3) is 10.2 Å². The van der Waals surface area contributed by atoms with Crippen molar-refractivity contribution >= 4 is 39.2 Å². The molecule has 4 rings (SSSR count). The number of ether oxygens (including phenoxy) is 1. The summed E-state index contributed by atoms with van der Waals surface area (Å²) in [6, 6.07) is 9.52. The van der Waals surface area contributed by atoms with Crippen molar-refractivity contribution in [3.8, 4) is 5.75 Å². The zero-order valence-corrected chi connectivity index (χ0v) is 19.7. The number of carbonyl (C=O) groups is 1. The number of nitrogens with zero attached hydrogens (tertiary/aromatic N) is 3. The Morgan fingerprint density at radius 1 is 1.26 bits per heavy atom. The van der Waals surface area contributed by atoms with E-state index in [9.17, 15) is 9.59 Å². The van der Waals surface area contributed by atoms with Crippen molar-refractivity contribution in [2.45, 2.75) is 32.0 Å². The molecule has 8 heteroatoms. The third kappa shape index (κ3) is 4.96. The molecule has 0 aliphatic carbocycles. The van der Waals surface area contributed by atoms with Gasteiger partial charge >= 0.3 is 0 Å². The SMILES string of the molecule is COc1cccc(Cn2c(SCC(=O)N3CC(C)CC(C)C3)nc3ccsc3c2=O)c1. The van der Waals surface area contributed by atoms with E-state index in [0.29, 0.717) is 33.8 Å². The van der Waals surface area contributed by atoms with E-state index in [-0.39, 0.29) is 17.2 Å². The Morgan fingerprint density at radius 3 is 2.77 bits per heavy atom. The van der Waals surface area contributed by atoms with E-state index >= 15 is 0 Å². The maximum absolute atomic E-state index is 13.2. The topological polar surface area (TPSA) is 64.4 Å². The summed E-state index contributed by atoms with van der Waals surface area (Å²) in [7, 11) is 1.62. The molecule has 2 atom stereocenters. The van der Waals surface area contributed by atoms with Crippen LogP contribution in [0.5, 0.6) is 5.75 Å². The molecule has 31 heavy (non-hydrogen) atoms. The lowest BCUT2D eigenvalue weighted by atomic mass is 9.92. The minimum Gasteiger partial charge on any atom is -0.497 e. The lowest BCUT2D eigenvalue weighted by molar-refractivity contribution is -0.130. The predicted octanol–water partition coefficient (Wildman–Crippen LogP) is 4.11. The summed E-state index contributed by atoms with van der Waals surface area (Å²) < 4.78 is 7.63. The molecule has 1 aliphatic heterocycles. The molecule has 3 heterocycles. The molecular weight excluding hydrogens is 430 g/mol. The van der Waals surface area contributed by atoms with E-state index in [1.807, 2.05) is 40.6 Å². The first kappa shape index (κ1) is 21.9. The second kappa shape index (κ2) is 9.44. The molecule has 0 saturated carbocycles. The maximum Gasteiger partial charge on any atom is 0.272 e. The molecule has 1 fully saturated rings. The number of benzene rings is 1. The number of hydrogen-bond acceptors (Lipinski definition) is 6. The van der Waals surface area contributed by atoms with Gasteiger partial charge in [-0.15, -0.1) is 11.3 Å². The van der Waals surface area contributed by atoms with Gasteiger partial charge in [-0.25, -0.2) is 4.98 Å². The molecule has 1 aliphatic rings. The van der Waals surface area contributed by atoms with Gasteiger partial charge in [0.2, 0.25) is 5.91 Å². The minimum absolute atomic E-state index is 0.0713. The minimum atomic E-state index is -0.0713. The van der Waals surface area contributed by atoms with Crippen LogP contribution in [0.1, 0.15) is 25.8 Å². The van der Waals surface area contributed by atoms with E-state index in [0.717, 1.165) is 30.8 Å². The van der Waals surface area contributed by atoms with Crippen molar-refractivity contribution < 1.29 is 9.53 Å². The van der Waals surface area contributed by atoms with E-state index in [1.165, 1.54) is 23.1 Å². The molecule has 0 bridgehead atoms. The number of amides is 1. The highest BCUT2D eigenvalue weighted by Crippen LogP contribution is 2.25. The van der Waals surface area contributed by atoms with Crippen molar-refractivity contribution in [2.75, 3.05) is 26.0 Å². The van der Waals surface area contributed by atoms with Gasteiger partial charge in [0.05, 0.1) is 24.9 Å². The first-order valence-electron chi connectivity index (χ1n) is 10.5. The van der Waals surface area contributed by atoms with Crippen LogP contribution in [-0.2, 0) is 11.3 Å². The number of thioether (sulfide) groups is 1. The molecule has 1 aromatic carbocycles. The Kier molecular flexibility index (Phi) is 6.67. The van der Waals surface area contributed by atoms with Crippen LogP contribution in [0.3, 0.4) is 0 Å². The van der Waals surface area contributed by atoms with E-state index in [4.69, 9.17) is 9.72 Å². The average Bonchev–Trinajstić information content (AvgIpc) is 3.22. The fourth-order valence-corrected chi connectivity index (χ4v) is 5.89. The Labute approximate surface area is 190 Å². The molecule has 6 nitrogen and oxygen atoms in total. The zero-order valence-electron chi connectivity index (χ0n) is 18.0. The number of rotatable bonds is 6. The van der Waals surface area contributed by atoms with Gasteiger partial charge < -0.3 is 9.64 Å². The fourth-order valence-electron chi connectivity index (χ4n) is 4.21. The Bertz CT molecular complexity index is 1130. The smallest absolute Gasteiger partial charge is 0.272 e. The summed E-state index contributed by atoms with van der Waals surface area (Å²) in [6.07, 6.45) is 1.16. The highest BCUT2D eigenvalue weighted by Gasteiger charge is 2.26. The Hall–Kier alpha value is -2.32. The van der Waals surface area contributed by atoms with Crippen LogP contribution in [0.15, 0.2) is 45.7 Å². The second-order valence-electron chi connectivity index (χ2n) is 8.31. The maximum atomic E-state index is 13.2. The standard InChI is InChI=1S/C23H27N3O3S2/c1-15-9-16(2)12-25(11-15)20(27)14-31-23-24-19-7-8-30-21(19)22(28)26(23)13-17-5-4-6-18(10-17)29-3/h4-8,10,15-16H,9,11-14H2,1-3H3. The first-order chi connectivity index (χ1) is 14.9. The molecule has 1 saturated heterocycles. The van der Waals surface area contributed by atoms with Gasteiger partial charge in [-0.1, -0.05) is 37.7 Å². The number of carbonyl (C=O) groups excluding carboxylic acids is 1. The van der Waals surface area contributed by atoms with Crippen LogP contribution >= 0.6 is 23.1 Å². The van der Waals surface area contributed by atoms with Crippen LogP contribution in [0.4, 0.5) is 0 Å². The van der Waals surface area contributed by atoms with E-state index in [2.05, 4.69) is 13.8 Å². The van der Waals surface area contributed by atoms with Crippen molar-refractivity contribution in [3.63, 3.8) is 0 Å². The third-order valence-corrected chi connectivity index (χ3v) is 7.40. The summed E-state index contributed by atoms with van der Waals surface area (Å²) >= 11 is 2.74. The van der Waals surface area contributed by atoms with Gasteiger partial charge in [-0.3, -0.25) is 14.2 Å².